The zero-order valence-corrected chi connectivity index (χ0v) is 16.3. The molecule has 0 aliphatic carbocycles. The molecule has 0 saturated heterocycles. The van der Waals surface area contributed by atoms with E-state index in [4.69, 9.17) is 16.3 Å². The molecular weight excluding hydrogens is 384 g/mol. The van der Waals surface area contributed by atoms with Gasteiger partial charge in [-0.25, -0.2) is 0 Å². The molecule has 0 aliphatic heterocycles. The number of thioether (sulfide) groups is 1. The maximum Gasteiger partial charge on any atom is 0.230 e. The highest BCUT2D eigenvalue weighted by molar-refractivity contribution is 7.99. The van der Waals surface area contributed by atoms with Crippen LogP contribution in [-0.4, -0.2) is 33.5 Å². The molecule has 0 spiro atoms. The summed E-state index contributed by atoms with van der Waals surface area (Å²) in [6.45, 7) is 0.723. The largest absolute Gasteiger partial charge is 0.377 e. The topological polar surface area (TPSA) is 69.0 Å². The molecular formula is C19H19ClN4O2S. The number of halogens is 1. The third kappa shape index (κ3) is 5.09. The number of hydrogen-bond acceptors (Lipinski definition) is 5. The number of carbonyl (C=O) groups is 1. The number of para-hydroxylation sites is 1. The first-order valence-electron chi connectivity index (χ1n) is 8.30. The van der Waals surface area contributed by atoms with Gasteiger partial charge in [-0.2, -0.15) is 0 Å². The minimum Gasteiger partial charge on any atom is -0.377 e. The van der Waals surface area contributed by atoms with E-state index in [1.165, 1.54) is 11.8 Å². The number of amides is 1. The molecule has 0 unspecified atom stereocenters. The molecule has 27 heavy (non-hydrogen) atoms. The van der Waals surface area contributed by atoms with Crippen molar-refractivity contribution < 1.29 is 9.53 Å². The first-order chi connectivity index (χ1) is 13.2. The molecule has 3 rings (SSSR count). The second kappa shape index (κ2) is 9.55. The summed E-state index contributed by atoms with van der Waals surface area (Å²) in [7, 11) is 1.61. The first-order valence-corrected chi connectivity index (χ1v) is 9.67. The van der Waals surface area contributed by atoms with Crippen LogP contribution in [0.15, 0.2) is 59.8 Å². The molecule has 6 nitrogen and oxygen atoms in total. The summed E-state index contributed by atoms with van der Waals surface area (Å²) in [4.78, 5) is 12.2. The zero-order chi connectivity index (χ0) is 19.1. The Morgan fingerprint density at radius 3 is 2.63 bits per heavy atom. The van der Waals surface area contributed by atoms with Gasteiger partial charge in [0.2, 0.25) is 5.91 Å². The highest BCUT2D eigenvalue weighted by atomic mass is 35.5. The van der Waals surface area contributed by atoms with E-state index >= 15 is 0 Å². The van der Waals surface area contributed by atoms with E-state index in [1.54, 1.807) is 13.2 Å². The van der Waals surface area contributed by atoms with E-state index < -0.39 is 0 Å². The van der Waals surface area contributed by atoms with Crippen LogP contribution in [0.4, 0.5) is 0 Å². The van der Waals surface area contributed by atoms with Gasteiger partial charge >= 0.3 is 0 Å². The Balaban J connectivity index is 1.65. The van der Waals surface area contributed by atoms with E-state index in [9.17, 15) is 4.79 Å². The number of benzene rings is 2. The zero-order valence-electron chi connectivity index (χ0n) is 14.8. The lowest BCUT2D eigenvalue weighted by Crippen LogP contribution is -2.24. The lowest BCUT2D eigenvalue weighted by molar-refractivity contribution is -0.118. The molecule has 1 aromatic heterocycles. The van der Waals surface area contributed by atoms with Crippen molar-refractivity contribution in [2.75, 3.05) is 12.9 Å². The summed E-state index contributed by atoms with van der Waals surface area (Å²) in [5.41, 5.74) is 1.81. The molecule has 0 atom stereocenters. The maximum absolute atomic E-state index is 12.2. The molecule has 1 heterocycles. The van der Waals surface area contributed by atoms with Crippen molar-refractivity contribution in [2.45, 2.75) is 18.3 Å². The van der Waals surface area contributed by atoms with Gasteiger partial charge in [0, 0.05) is 24.4 Å². The number of aromatic nitrogens is 3. The smallest absolute Gasteiger partial charge is 0.230 e. The van der Waals surface area contributed by atoms with Crippen molar-refractivity contribution in [3.8, 4) is 5.69 Å². The number of nitrogens with one attached hydrogen (secondary N) is 1. The van der Waals surface area contributed by atoms with Gasteiger partial charge in [-0.3, -0.25) is 9.36 Å². The van der Waals surface area contributed by atoms with Gasteiger partial charge in [0.1, 0.15) is 6.61 Å². The molecule has 0 bridgehead atoms. The standard InChI is InChI=1S/C19H19ClN4O2S/c1-26-12-17-22-23-19(24(17)15-8-3-2-4-9-15)27-13-18(25)21-11-14-7-5-6-10-16(14)20/h2-10H,11-13H2,1H3,(H,21,25). The van der Waals surface area contributed by atoms with Crippen LogP contribution in [0.3, 0.4) is 0 Å². The monoisotopic (exact) mass is 402 g/mol. The normalized spacial score (nSPS) is 10.7. The SMILES string of the molecule is COCc1nnc(SCC(=O)NCc2ccccc2Cl)n1-c1ccccc1. The lowest BCUT2D eigenvalue weighted by atomic mass is 10.2. The van der Waals surface area contributed by atoms with Crippen LogP contribution in [-0.2, 0) is 22.7 Å². The van der Waals surface area contributed by atoms with Crippen molar-refractivity contribution in [3.63, 3.8) is 0 Å². The van der Waals surface area contributed by atoms with Crippen molar-refractivity contribution in [1.29, 1.82) is 0 Å². The van der Waals surface area contributed by atoms with Gasteiger partial charge in [-0.15, -0.1) is 10.2 Å². The Morgan fingerprint density at radius 2 is 1.89 bits per heavy atom. The van der Waals surface area contributed by atoms with Gasteiger partial charge in [0.15, 0.2) is 11.0 Å². The van der Waals surface area contributed by atoms with E-state index in [1.807, 2.05) is 53.1 Å². The Morgan fingerprint density at radius 1 is 1.15 bits per heavy atom. The van der Waals surface area contributed by atoms with Gasteiger partial charge in [0.25, 0.3) is 0 Å². The van der Waals surface area contributed by atoms with Crippen LogP contribution < -0.4 is 5.32 Å². The fraction of sp³-hybridized carbons (Fsp3) is 0.211. The molecule has 3 aromatic rings. The van der Waals surface area contributed by atoms with Crippen molar-refractivity contribution in [3.05, 3.63) is 71.0 Å². The molecule has 0 aliphatic rings. The Hall–Kier alpha value is -2.35. The van der Waals surface area contributed by atoms with E-state index in [2.05, 4.69) is 15.5 Å². The predicted octanol–water partition coefficient (Wildman–Crippen LogP) is 3.48. The average Bonchev–Trinajstić information content (AvgIpc) is 3.09. The number of methoxy groups -OCH3 is 1. The van der Waals surface area contributed by atoms with Gasteiger partial charge in [-0.1, -0.05) is 59.8 Å². The van der Waals surface area contributed by atoms with Crippen LogP contribution in [0.5, 0.6) is 0 Å². The van der Waals surface area contributed by atoms with Crippen LogP contribution in [0.25, 0.3) is 5.69 Å². The predicted molar refractivity (Wildman–Crippen MR) is 106 cm³/mol. The summed E-state index contributed by atoms with van der Waals surface area (Å²) in [5.74, 6) is 0.807. The fourth-order valence-corrected chi connectivity index (χ4v) is 3.47. The highest BCUT2D eigenvalue weighted by Crippen LogP contribution is 2.22. The maximum atomic E-state index is 12.2. The molecule has 8 heteroatoms. The van der Waals surface area contributed by atoms with Crippen molar-refractivity contribution in [2.24, 2.45) is 0 Å². The van der Waals surface area contributed by atoms with Gasteiger partial charge in [-0.05, 0) is 23.8 Å². The quantitative estimate of drug-likeness (QED) is 0.584. The molecule has 1 amide bonds. The van der Waals surface area contributed by atoms with Gasteiger partial charge in [0.05, 0.1) is 5.75 Å². The van der Waals surface area contributed by atoms with E-state index in [0.29, 0.717) is 29.2 Å². The summed E-state index contributed by atoms with van der Waals surface area (Å²) in [5, 5.41) is 12.5. The third-order valence-corrected chi connectivity index (χ3v) is 5.05. The minimum atomic E-state index is -0.101. The van der Waals surface area contributed by atoms with Crippen LogP contribution in [0, 0.1) is 0 Å². The van der Waals surface area contributed by atoms with E-state index in [-0.39, 0.29) is 11.7 Å². The Bertz CT molecular complexity index is 902. The number of ether oxygens (including phenoxy) is 1. The van der Waals surface area contributed by atoms with Crippen LogP contribution in [0.1, 0.15) is 11.4 Å². The summed E-state index contributed by atoms with van der Waals surface area (Å²) >= 11 is 7.44. The number of rotatable bonds is 8. The second-order valence-electron chi connectivity index (χ2n) is 5.66. The summed E-state index contributed by atoms with van der Waals surface area (Å²) < 4.78 is 7.10. The number of carbonyl (C=O) groups excluding carboxylic acids is 1. The molecule has 0 fully saturated rings. The molecule has 0 radical (unpaired) electrons. The highest BCUT2D eigenvalue weighted by Gasteiger charge is 2.15. The average molecular weight is 403 g/mol. The molecule has 140 valence electrons. The molecule has 1 N–H and O–H groups in total. The fourth-order valence-electron chi connectivity index (χ4n) is 2.47. The summed E-state index contributed by atoms with van der Waals surface area (Å²) in [6.07, 6.45) is 0. The lowest BCUT2D eigenvalue weighted by Gasteiger charge is -2.10. The van der Waals surface area contributed by atoms with E-state index in [0.717, 1.165) is 11.3 Å². The molecule has 2 aromatic carbocycles. The second-order valence-corrected chi connectivity index (χ2v) is 7.01. The van der Waals surface area contributed by atoms with Crippen LogP contribution in [0.2, 0.25) is 5.02 Å². The summed E-state index contributed by atoms with van der Waals surface area (Å²) in [6, 6.07) is 17.2. The minimum absolute atomic E-state index is 0.101. The van der Waals surface area contributed by atoms with Gasteiger partial charge < -0.3 is 10.1 Å². The number of nitrogens with zero attached hydrogens (tertiary/aromatic N) is 3. The Kier molecular flexibility index (Phi) is 6.86. The third-order valence-electron chi connectivity index (χ3n) is 3.75. The van der Waals surface area contributed by atoms with Crippen molar-refractivity contribution >= 4 is 29.3 Å². The molecule has 0 saturated carbocycles. The Labute approximate surface area is 166 Å². The number of hydrogen-bond donors (Lipinski definition) is 1. The van der Waals surface area contributed by atoms with Crippen LogP contribution >= 0.6 is 23.4 Å². The first kappa shape index (κ1) is 19.4. The van der Waals surface area contributed by atoms with Crippen molar-refractivity contribution in [1.82, 2.24) is 20.1 Å².